The topological polar surface area (TPSA) is 12.9 Å². The highest BCUT2D eigenvalue weighted by Gasteiger charge is 2.20. The molecule has 2 saturated carbocycles. The Kier molecular flexibility index (Phi) is 12.7. The number of pyridine rings is 1. The van der Waals surface area contributed by atoms with Crippen molar-refractivity contribution in [2.75, 3.05) is 0 Å². The molecule has 34 heavy (non-hydrogen) atoms. The summed E-state index contributed by atoms with van der Waals surface area (Å²) in [6.07, 6.45) is 26.6. The largest absolute Gasteiger partial charge is 0.246 e. The maximum Gasteiger partial charge on any atom is 0.113 e. The lowest BCUT2D eigenvalue weighted by Gasteiger charge is -2.25. The van der Waals surface area contributed by atoms with Crippen molar-refractivity contribution in [3.8, 4) is 23.7 Å². The van der Waals surface area contributed by atoms with Gasteiger partial charge in [-0.1, -0.05) is 95.8 Å². The Labute approximate surface area is 211 Å². The molecule has 1 heteroatoms. The first-order valence-corrected chi connectivity index (χ1v) is 14.8. The zero-order chi connectivity index (χ0) is 23.8. The summed E-state index contributed by atoms with van der Waals surface area (Å²) in [5.74, 6) is 16.8. The fraction of sp³-hybridized carbons (Fsp3) is 0.727. The van der Waals surface area contributed by atoms with Crippen molar-refractivity contribution in [1.82, 2.24) is 4.98 Å². The molecule has 0 aromatic carbocycles. The molecule has 3 rings (SSSR count). The van der Waals surface area contributed by atoms with E-state index in [0.717, 1.165) is 23.1 Å². The highest BCUT2D eigenvalue weighted by Crippen LogP contribution is 2.32. The van der Waals surface area contributed by atoms with Crippen molar-refractivity contribution >= 4 is 0 Å². The molecule has 1 aromatic heterocycles. The quantitative estimate of drug-likeness (QED) is 0.251. The van der Waals surface area contributed by atoms with Crippen LogP contribution in [-0.4, -0.2) is 4.98 Å². The lowest BCUT2D eigenvalue weighted by molar-refractivity contribution is 0.294. The molecule has 186 valence electrons. The number of unbranched alkanes of at least 4 members (excludes halogenated alkanes) is 6. The number of hydrogen-bond acceptors (Lipinski definition) is 1. The van der Waals surface area contributed by atoms with E-state index >= 15 is 0 Å². The van der Waals surface area contributed by atoms with Crippen LogP contribution in [0.3, 0.4) is 0 Å². The van der Waals surface area contributed by atoms with Crippen LogP contribution < -0.4 is 0 Å². The van der Waals surface area contributed by atoms with Crippen LogP contribution in [0.1, 0.15) is 141 Å². The minimum absolute atomic E-state index is 0.565. The summed E-state index contributed by atoms with van der Waals surface area (Å²) >= 11 is 0. The van der Waals surface area contributed by atoms with E-state index < -0.39 is 0 Å². The van der Waals surface area contributed by atoms with E-state index in [9.17, 15) is 0 Å². The van der Waals surface area contributed by atoms with Crippen molar-refractivity contribution in [3.05, 3.63) is 29.6 Å². The van der Waals surface area contributed by atoms with Crippen LogP contribution in [0.5, 0.6) is 0 Å². The average Bonchev–Trinajstić information content (AvgIpc) is 2.89. The van der Waals surface area contributed by atoms with Gasteiger partial charge in [0.25, 0.3) is 0 Å². The Morgan fingerprint density at radius 3 is 1.65 bits per heavy atom. The van der Waals surface area contributed by atoms with Gasteiger partial charge in [-0.3, -0.25) is 0 Å². The van der Waals surface area contributed by atoms with Crippen molar-refractivity contribution in [3.63, 3.8) is 0 Å². The lowest BCUT2D eigenvalue weighted by Crippen LogP contribution is -2.13. The Bertz CT molecular complexity index is 714. The van der Waals surface area contributed by atoms with Crippen LogP contribution in [0.15, 0.2) is 18.3 Å². The Hall–Kier alpha value is -1.73. The first-order chi connectivity index (χ1) is 16.8. The third-order valence-electron chi connectivity index (χ3n) is 8.21. The fourth-order valence-electron chi connectivity index (χ4n) is 5.81. The van der Waals surface area contributed by atoms with Crippen LogP contribution in [0.4, 0.5) is 0 Å². The maximum absolute atomic E-state index is 4.58. The summed E-state index contributed by atoms with van der Waals surface area (Å²) in [5, 5.41) is 0. The van der Waals surface area contributed by atoms with Crippen LogP contribution >= 0.6 is 0 Å². The summed E-state index contributed by atoms with van der Waals surface area (Å²) in [6.45, 7) is 4.59. The smallest absolute Gasteiger partial charge is 0.113 e. The van der Waals surface area contributed by atoms with Crippen molar-refractivity contribution in [2.45, 2.75) is 129 Å². The molecule has 0 atom stereocenters. The third-order valence-corrected chi connectivity index (χ3v) is 8.21. The lowest BCUT2D eigenvalue weighted by atomic mass is 9.80. The van der Waals surface area contributed by atoms with E-state index in [4.69, 9.17) is 0 Å². The van der Waals surface area contributed by atoms with Gasteiger partial charge in [-0.25, -0.2) is 4.98 Å². The molecule has 0 aliphatic heterocycles. The minimum atomic E-state index is 0.565. The second-order valence-corrected chi connectivity index (χ2v) is 11.1. The monoisotopic (exact) mass is 459 g/mol. The van der Waals surface area contributed by atoms with E-state index in [1.807, 2.05) is 6.20 Å². The molecule has 0 N–H and O–H groups in total. The summed E-state index contributed by atoms with van der Waals surface area (Å²) < 4.78 is 0. The maximum atomic E-state index is 4.58. The first-order valence-electron chi connectivity index (χ1n) is 14.8. The molecular weight excluding hydrogens is 410 g/mol. The zero-order valence-electron chi connectivity index (χ0n) is 22.2. The summed E-state index contributed by atoms with van der Waals surface area (Å²) in [4.78, 5) is 4.58. The van der Waals surface area contributed by atoms with Gasteiger partial charge in [0, 0.05) is 23.6 Å². The summed E-state index contributed by atoms with van der Waals surface area (Å²) in [5.41, 5.74) is 1.94. The molecule has 2 fully saturated rings. The van der Waals surface area contributed by atoms with E-state index in [2.05, 4.69) is 54.6 Å². The molecule has 2 aliphatic carbocycles. The van der Waals surface area contributed by atoms with E-state index in [1.165, 1.54) is 116 Å². The molecule has 2 aliphatic rings. The number of aromatic nitrogens is 1. The molecule has 1 aromatic rings. The van der Waals surface area contributed by atoms with E-state index in [0.29, 0.717) is 11.8 Å². The van der Waals surface area contributed by atoms with Gasteiger partial charge in [0.1, 0.15) is 5.69 Å². The van der Waals surface area contributed by atoms with Gasteiger partial charge in [-0.05, 0) is 81.3 Å². The minimum Gasteiger partial charge on any atom is -0.246 e. The van der Waals surface area contributed by atoms with E-state index in [-0.39, 0.29) is 0 Å². The predicted octanol–water partition coefficient (Wildman–Crippen LogP) is 9.34. The average molecular weight is 460 g/mol. The second-order valence-electron chi connectivity index (χ2n) is 11.1. The fourth-order valence-corrected chi connectivity index (χ4v) is 5.81. The predicted molar refractivity (Wildman–Crippen MR) is 146 cm³/mol. The number of hydrogen-bond donors (Lipinski definition) is 0. The highest BCUT2D eigenvalue weighted by atomic mass is 14.7. The SMILES string of the molecule is CCCCCCC1CCC(C#Cc2ccc(C#CC3CCC(CCCCCC)CC3)nc2)CC1. The van der Waals surface area contributed by atoms with Gasteiger partial charge in [0.05, 0.1) is 0 Å². The Morgan fingerprint density at radius 2 is 1.18 bits per heavy atom. The molecular formula is C33H49N. The van der Waals surface area contributed by atoms with Gasteiger partial charge in [-0.15, -0.1) is 0 Å². The summed E-state index contributed by atoms with van der Waals surface area (Å²) in [6, 6.07) is 4.17. The first kappa shape index (κ1) is 26.9. The normalized spacial score (nSPS) is 24.5. The van der Waals surface area contributed by atoms with Crippen LogP contribution in [0, 0.1) is 47.4 Å². The van der Waals surface area contributed by atoms with Crippen molar-refractivity contribution in [2.24, 2.45) is 23.7 Å². The Morgan fingerprint density at radius 1 is 0.647 bits per heavy atom. The van der Waals surface area contributed by atoms with Gasteiger partial charge < -0.3 is 0 Å². The van der Waals surface area contributed by atoms with Crippen LogP contribution in [0.25, 0.3) is 0 Å². The van der Waals surface area contributed by atoms with Crippen molar-refractivity contribution < 1.29 is 0 Å². The third kappa shape index (κ3) is 10.3. The van der Waals surface area contributed by atoms with Crippen molar-refractivity contribution in [1.29, 1.82) is 0 Å². The highest BCUT2D eigenvalue weighted by molar-refractivity contribution is 5.37. The van der Waals surface area contributed by atoms with Gasteiger partial charge in [-0.2, -0.15) is 0 Å². The standard InChI is InChI=1S/C33H49N/c1-3-5-7-9-11-28-13-17-30(18-14-28)21-22-32-24-26-33(34-27-32)25-23-31-19-15-29(16-20-31)12-10-8-6-4-2/h24,26-31H,3-20H2,1-2H3. The van der Waals surface area contributed by atoms with Gasteiger partial charge in [0.2, 0.25) is 0 Å². The Balaban J connectivity index is 1.35. The zero-order valence-corrected chi connectivity index (χ0v) is 22.2. The van der Waals surface area contributed by atoms with E-state index in [1.54, 1.807) is 0 Å². The van der Waals surface area contributed by atoms with Gasteiger partial charge >= 0.3 is 0 Å². The van der Waals surface area contributed by atoms with Crippen LogP contribution in [-0.2, 0) is 0 Å². The molecule has 0 bridgehead atoms. The molecule has 0 spiro atoms. The summed E-state index contributed by atoms with van der Waals surface area (Å²) in [7, 11) is 0. The molecule has 0 radical (unpaired) electrons. The number of rotatable bonds is 10. The van der Waals surface area contributed by atoms with Gasteiger partial charge in [0.15, 0.2) is 0 Å². The molecule has 0 unspecified atom stereocenters. The van der Waals surface area contributed by atoms with Crippen LogP contribution in [0.2, 0.25) is 0 Å². The second kappa shape index (κ2) is 16.0. The number of nitrogens with zero attached hydrogens (tertiary/aromatic N) is 1. The molecule has 1 heterocycles. The molecule has 0 saturated heterocycles. The molecule has 0 amide bonds. The molecule has 1 nitrogen and oxygen atoms in total.